The lowest BCUT2D eigenvalue weighted by molar-refractivity contribution is -0.124. The molecule has 1 aliphatic carbocycles. The van der Waals surface area contributed by atoms with Crippen LogP contribution in [0.3, 0.4) is 0 Å². The molecule has 1 N–H and O–H groups in total. The van der Waals surface area contributed by atoms with E-state index in [1.165, 1.54) is 0 Å². The number of hydrogen-bond donors (Lipinski definition) is 1. The highest BCUT2D eigenvalue weighted by atomic mass is 16.2. The molecule has 3 heteroatoms. The Morgan fingerprint density at radius 3 is 2.00 bits per heavy atom. The molecule has 2 rings (SSSR count). The summed E-state index contributed by atoms with van der Waals surface area (Å²) in [7, 11) is 0. The number of rotatable bonds is 0. The van der Waals surface area contributed by atoms with E-state index in [-0.39, 0.29) is 11.8 Å². The summed E-state index contributed by atoms with van der Waals surface area (Å²) in [5.41, 5.74) is 1.45. The normalized spacial score (nSPS) is 23.6. The molecule has 0 aromatic rings. The zero-order chi connectivity index (χ0) is 7.14. The molecule has 0 aromatic carbocycles. The minimum atomic E-state index is -0.169. The largest absolute Gasteiger partial charge is 0.289 e. The Morgan fingerprint density at radius 2 is 1.50 bits per heavy atom. The van der Waals surface area contributed by atoms with E-state index in [1.807, 2.05) is 0 Å². The standard InChI is InChI=1S/C7H7NO2/c9-6-4-2-1-3-5(4)7(10)8-6/h1-3H2,(H,8,9,10). The molecular formula is C7H7NO2. The second-order valence-electron chi connectivity index (χ2n) is 2.59. The van der Waals surface area contributed by atoms with Crippen molar-refractivity contribution in [3.63, 3.8) is 0 Å². The molecule has 0 aromatic heterocycles. The number of amides is 2. The van der Waals surface area contributed by atoms with Crippen LogP contribution in [0.1, 0.15) is 19.3 Å². The molecule has 10 heavy (non-hydrogen) atoms. The van der Waals surface area contributed by atoms with E-state index in [2.05, 4.69) is 5.32 Å². The maximum Gasteiger partial charge on any atom is 0.254 e. The second-order valence-corrected chi connectivity index (χ2v) is 2.59. The molecule has 2 aliphatic rings. The van der Waals surface area contributed by atoms with E-state index in [0.717, 1.165) is 30.4 Å². The summed E-state index contributed by atoms with van der Waals surface area (Å²) in [6, 6.07) is 0. The maximum atomic E-state index is 10.9. The minimum Gasteiger partial charge on any atom is -0.289 e. The molecule has 0 radical (unpaired) electrons. The van der Waals surface area contributed by atoms with Gasteiger partial charge in [0.25, 0.3) is 11.8 Å². The first kappa shape index (κ1) is 5.65. The predicted molar refractivity (Wildman–Crippen MR) is 34.0 cm³/mol. The van der Waals surface area contributed by atoms with E-state index in [1.54, 1.807) is 0 Å². The van der Waals surface area contributed by atoms with Crippen molar-refractivity contribution in [1.29, 1.82) is 0 Å². The van der Waals surface area contributed by atoms with Gasteiger partial charge in [0, 0.05) is 11.1 Å². The SMILES string of the molecule is O=C1NC(=O)C2=C1CCC2. The fourth-order valence-corrected chi connectivity index (χ4v) is 1.50. The van der Waals surface area contributed by atoms with Crippen LogP contribution < -0.4 is 5.32 Å². The number of hydrogen-bond acceptors (Lipinski definition) is 2. The lowest BCUT2D eigenvalue weighted by Crippen LogP contribution is -2.24. The van der Waals surface area contributed by atoms with Gasteiger partial charge < -0.3 is 0 Å². The van der Waals surface area contributed by atoms with Crippen LogP contribution in [0.5, 0.6) is 0 Å². The van der Waals surface area contributed by atoms with E-state index in [0.29, 0.717) is 0 Å². The fourth-order valence-electron chi connectivity index (χ4n) is 1.50. The summed E-state index contributed by atoms with van der Waals surface area (Å²) < 4.78 is 0. The molecule has 1 heterocycles. The molecule has 1 aliphatic heterocycles. The Kier molecular flexibility index (Phi) is 0.952. The van der Waals surface area contributed by atoms with Crippen LogP contribution >= 0.6 is 0 Å². The van der Waals surface area contributed by atoms with Crippen LogP contribution in [0.2, 0.25) is 0 Å². The topological polar surface area (TPSA) is 46.2 Å². The van der Waals surface area contributed by atoms with Crippen molar-refractivity contribution in [3.8, 4) is 0 Å². The molecule has 0 atom stereocenters. The second kappa shape index (κ2) is 1.68. The summed E-state index contributed by atoms with van der Waals surface area (Å²) in [6.45, 7) is 0. The van der Waals surface area contributed by atoms with Gasteiger partial charge in [0.1, 0.15) is 0 Å². The Bertz CT molecular complexity index is 228. The molecule has 0 saturated carbocycles. The van der Waals surface area contributed by atoms with Gasteiger partial charge in [0.2, 0.25) is 0 Å². The number of nitrogens with one attached hydrogen (secondary N) is 1. The van der Waals surface area contributed by atoms with Crippen molar-refractivity contribution in [2.24, 2.45) is 0 Å². The Morgan fingerprint density at radius 1 is 1.00 bits per heavy atom. The summed E-state index contributed by atoms with van der Waals surface area (Å²) in [5.74, 6) is -0.338. The molecule has 0 unspecified atom stereocenters. The molecule has 2 amide bonds. The lowest BCUT2D eigenvalue weighted by Gasteiger charge is -1.93. The highest BCUT2D eigenvalue weighted by Crippen LogP contribution is 2.29. The number of carbonyl (C=O) groups is 2. The van der Waals surface area contributed by atoms with Gasteiger partial charge in [-0.1, -0.05) is 0 Å². The third-order valence-electron chi connectivity index (χ3n) is 1.99. The third-order valence-corrected chi connectivity index (χ3v) is 1.99. The van der Waals surface area contributed by atoms with Crippen molar-refractivity contribution >= 4 is 11.8 Å². The highest BCUT2D eigenvalue weighted by Gasteiger charge is 2.32. The number of imide groups is 1. The fraction of sp³-hybridized carbons (Fsp3) is 0.429. The van der Waals surface area contributed by atoms with Crippen molar-refractivity contribution in [2.75, 3.05) is 0 Å². The van der Waals surface area contributed by atoms with E-state index < -0.39 is 0 Å². The van der Waals surface area contributed by atoms with E-state index in [9.17, 15) is 9.59 Å². The van der Waals surface area contributed by atoms with Gasteiger partial charge in [0.15, 0.2) is 0 Å². The average Bonchev–Trinajstić information content (AvgIpc) is 2.39. The molecule has 0 fully saturated rings. The summed E-state index contributed by atoms with van der Waals surface area (Å²) in [6.07, 6.45) is 2.53. The highest BCUT2D eigenvalue weighted by molar-refractivity contribution is 6.19. The van der Waals surface area contributed by atoms with Gasteiger partial charge in [-0.2, -0.15) is 0 Å². The molecule has 3 nitrogen and oxygen atoms in total. The molecule has 0 spiro atoms. The maximum absolute atomic E-state index is 10.9. The van der Waals surface area contributed by atoms with Gasteiger partial charge in [0.05, 0.1) is 0 Å². The van der Waals surface area contributed by atoms with Crippen LogP contribution in [0.4, 0.5) is 0 Å². The van der Waals surface area contributed by atoms with Crippen LogP contribution in [0, 0.1) is 0 Å². The molecular weight excluding hydrogens is 130 g/mol. The molecule has 0 saturated heterocycles. The summed E-state index contributed by atoms with van der Waals surface area (Å²) >= 11 is 0. The molecule has 52 valence electrons. The van der Waals surface area contributed by atoms with Gasteiger partial charge in [-0.05, 0) is 19.3 Å². The van der Waals surface area contributed by atoms with E-state index >= 15 is 0 Å². The van der Waals surface area contributed by atoms with Crippen LogP contribution in [-0.4, -0.2) is 11.8 Å². The van der Waals surface area contributed by atoms with Crippen molar-refractivity contribution in [3.05, 3.63) is 11.1 Å². The Labute approximate surface area is 58.1 Å². The Hall–Kier alpha value is -1.12. The first-order valence-electron chi connectivity index (χ1n) is 3.37. The number of carbonyl (C=O) groups excluding carboxylic acids is 2. The van der Waals surface area contributed by atoms with Crippen LogP contribution in [-0.2, 0) is 9.59 Å². The first-order chi connectivity index (χ1) is 4.79. The average molecular weight is 137 g/mol. The summed E-state index contributed by atoms with van der Waals surface area (Å²) in [4.78, 5) is 21.8. The third kappa shape index (κ3) is 0.546. The predicted octanol–water partition coefficient (Wildman–Crippen LogP) is 0.123. The van der Waals surface area contributed by atoms with Gasteiger partial charge in [-0.3, -0.25) is 14.9 Å². The quantitative estimate of drug-likeness (QED) is 0.482. The van der Waals surface area contributed by atoms with Crippen LogP contribution in [0.15, 0.2) is 11.1 Å². The van der Waals surface area contributed by atoms with Gasteiger partial charge in [-0.15, -0.1) is 0 Å². The minimum absolute atomic E-state index is 0.169. The van der Waals surface area contributed by atoms with Crippen molar-refractivity contribution in [2.45, 2.75) is 19.3 Å². The lowest BCUT2D eigenvalue weighted by atomic mass is 10.2. The summed E-state index contributed by atoms with van der Waals surface area (Å²) in [5, 5.41) is 2.27. The molecule has 0 bridgehead atoms. The van der Waals surface area contributed by atoms with Gasteiger partial charge >= 0.3 is 0 Å². The van der Waals surface area contributed by atoms with Crippen LogP contribution in [0.25, 0.3) is 0 Å². The zero-order valence-corrected chi connectivity index (χ0v) is 5.44. The zero-order valence-electron chi connectivity index (χ0n) is 5.44. The van der Waals surface area contributed by atoms with Gasteiger partial charge in [-0.25, -0.2) is 0 Å². The van der Waals surface area contributed by atoms with E-state index in [4.69, 9.17) is 0 Å². The van der Waals surface area contributed by atoms with Crippen molar-refractivity contribution < 1.29 is 9.59 Å². The first-order valence-corrected chi connectivity index (χ1v) is 3.37. The smallest absolute Gasteiger partial charge is 0.254 e. The van der Waals surface area contributed by atoms with Crippen molar-refractivity contribution in [1.82, 2.24) is 5.32 Å². The monoisotopic (exact) mass is 137 g/mol. The Balaban J connectivity index is 2.45.